The van der Waals surface area contributed by atoms with Crippen molar-refractivity contribution in [3.8, 4) is 23.2 Å². The van der Waals surface area contributed by atoms with Crippen LogP contribution in [-0.4, -0.2) is 23.3 Å². The molecular formula is C20H16BrF2N5OS. The van der Waals surface area contributed by atoms with Crippen molar-refractivity contribution >= 4 is 38.3 Å². The molecule has 1 unspecified atom stereocenters. The van der Waals surface area contributed by atoms with E-state index in [2.05, 4.69) is 35.6 Å². The number of halogens is 3. The number of anilines is 2. The molecule has 0 saturated carbocycles. The molecule has 0 fully saturated rings. The monoisotopic (exact) mass is 491 g/mol. The molecule has 2 aromatic carbocycles. The molecule has 154 valence electrons. The van der Waals surface area contributed by atoms with E-state index in [-0.39, 0.29) is 17.4 Å². The smallest absolute Gasteiger partial charge is 0.227 e. The first-order chi connectivity index (χ1) is 14.4. The molecule has 0 aliphatic carbocycles. The Balaban J connectivity index is 1.94. The predicted octanol–water partition coefficient (Wildman–Crippen LogP) is 5.35. The molecule has 0 saturated heterocycles. The second kappa shape index (κ2) is 9.73. The van der Waals surface area contributed by atoms with E-state index >= 15 is 0 Å². The molecule has 6 nitrogen and oxygen atoms in total. The Bertz CT molecular complexity index is 1170. The van der Waals surface area contributed by atoms with E-state index in [1.807, 2.05) is 30.6 Å². The Morgan fingerprint density at radius 2 is 2.07 bits per heavy atom. The molecule has 0 bridgehead atoms. The summed E-state index contributed by atoms with van der Waals surface area (Å²) < 4.78 is 37.7. The van der Waals surface area contributed by atoms with Crippen LogP contribution in [0.15, 0.2) is 51.4 Å². The van der Waals surface area contributed by atoms with Gasteiger partial charge in [-0.05, 0) is 42.2 Å². The van der Waals surface area contributed by atoms with E-state index in [0.29, 0.717) is 17.0 Å². The lowest BCUT2D eigenvalue weighted by Gasteiger charge is -2.12. The Labute approximate surface area is 183 Å². The zero-order valence-electron chi connectivity index (χ0n) is 16.0. The van der Waals surface area contributed by atoms with Crippen LogP contribution < -0.4 is 10.1 Å². The predicted molar refractivity (Wildman–Crippen MR) is 116 cm³/mol. The summed E-state index contributed by atoms with van der Waals surface area (Å²) in [7, 11) is 0.943. The van der Waals surface area contributed by atoms with Crippen molar-refractivity contribution in [3.05, 3.63) is 64.3 Å². The summed E-state index contributed by atoms with van der Waals surface area (Å²) in [5.41, 5.74) is 1.93. The number of nitriles is 1. The molecule has 1 N–H and O–H groups in total. The van der Waals surface area contributed by atoms with E-state index in [0.717, 1.165) is 16.2 Å². The first-order valence-corrected chi connectivity index (χ1v) is 11.1. The fraction of sp³-hybridized carbons (Fsp3) is 0.150. The maximum atomic E-state index is 14.4. The molecule has 30 heavy (non-hydrogen) atoms. The van der Waals surface area contributed by atoms with Gasteiger partial charge in [0.2, 0.25) is 12.1 Å². The standard InChI is InChI=1S/C20H16BrF2N5OS/c1-29-18-8-14(22)3-4-16(18)19-17(23)9-25-20(28-19)27-15-6-12(5-13(21)7-15)10-30(2)26-11-24/h3-9H,10H2,1-2H3,(H,25,27,28). The number of hydrogen-bond donors (Lipinski definition) is 1. The summed E-state index contributed by atoms with van der Waals surface area (Å²) in [5.74, 6) is -0.223. The quantitative estimate of drug-likeness (QED) is 0.469. The van der Waals surface area contributed by atoms with Gasteiger partial charge in [0.1, 0.15) is 17.3 Å². The van der Waals surface area contributed by atoms with Crippen molar-refractivity contribution in [2.24, 2.45) is 4.36 Å². The van der Waals surface area contributed by atoms with E-state index in [4.69, 9.17) is 10.00 Å². The van der Waals surface area contributed by atoms with Crippen LogP contribution in [0.1, 0.15) is 5.56 Å². The summed E-state index contributed by atoms with van der Waals surface area (Å²) in [6, 6.07) is 9.42. The number of hydrogen-bond acceptors (Lipinski definition) is 6. The zero-order chi connectivity index (χ0) is 21.7. The summed E-state index contributed by atoms with van der Waals surface area (Å²) in [5, 5.41) is 11.8. The fourth-order valence-corrected chi connectivity index (χ4v) is 4.15. The minimum atomic E-state index is -0.659. The second-order valence-electron chi connectivity index (χ2n) is 6.14. The number of methoxy groups -OCH3 is 1. The summed E-state index contributed by atoms with van der Waals surface area (Å²) in [6.45, 7) is 0. The molecule has 1 heterocycles. The highest BCUT2D eigenvalue weighted by atomic mass is 79.9. The number of ether oxygens (including phenoxy) is 1. The highest BCUT2D eigenvalue weighted by Gasteiger charge is 2.15. The molecular weight excluding hydrogens is 476 g/mol. The van der Waals surface area contributed by atoms with Gasteiger partial charge in [-0.25, -0.2) is 18.7 Å². The van der Waals surface area contributed by atoms with Gasteiger partial charge in [0.25, 0.3) is 0 Å². The Kier molecular flexibility index (Phi) is 7.07. The molecule has 1 aromatic heterocycles. The number of nitrogens with zero attached hydrogens (tertiary/aromatic N) is 4. The molecule has 0 amide bonds. The van der Waals surface area contributed by atoms with Gasteiger partial charge >= 0.3 is 0 Å². The normalized spacial score (nSPS) is 11.7. The van der Waals surface area contributed by atoms with Gasteiger partial charge < -0.3 is 10.1 Å². The van der Waals surface area contributed by atoms with Crippen molar-refractivity contribution in [2.45, 2.75) is 5.75 Å². The van der Waals surface area contributed by atoms with Gasteiger partial charge in [-0.3, -0.25) is 0 Å². The van der Waals surface area contributed by atoms with Crippen LogP contribution in [0.3, 0.4) is 0 Å². The lowest BCUT2D eigenvalue weighted by Crippen LogP contribution is -2.02. The number of rotatable bonds is 6. The molecule has 3 rings (SSSR count). The van der Waals surface area contributed by atoms with Crippen molar-refractivity contribution in [3.63, 3.8) is 0 Å². The molecule has 0 aliphatic rings. The third-order valence-corrected chi connectivity index (χ3v) is 5.55. The van der Waals surface area contributed by atoms with Gasteiger partial charge in [-0.1, -0.05) is 26.6 Å². The largest absolute Gasteiger partial charge is 0.496 e. The third-order valence-electron chi connectivity index (χ3n) is 3.95. The second-order valence-corrected chi connectivity index (χ2v) is 8.73. The SMILES string of the molecule is COc1cc(F)ccc1-c1nc(Nc2cc(Br)cc(CS(C)=NC#N)c2)ncc1F. The summed E-state index contributed by atoms with van der Waals surface area (Å²) in [6.07, 6.45) is 4.74. The minimum absolute atomic E-state index is 0.0116. The maximum absolute atomic E-state index is 14.4. The van der Waals surface area contributed by atoms with Gasteiger partial charge in [-0.2, -0.15) is 9.62 Å². The first-order valence-electron chi connectivity index (χ1n) is 8.55. The van der Waals surface area contributed by atoms with Gasteiger partial charge in [0.05, 0.1) is 13.3 Å². The highest BCUT2D eigenvalue weighted by Crippen LogP contribution is 2.32. The van der Waals surface area contributed by atoms with Crippen molar-refractivity contribution in [1.82, 2.24) is 9.97 Å². The lowest BCUT2D eigenvalue weighted by atomic mass is 10.1. The number of nitrogens with one attached hydrogen (secondary N) is 1. The first kappa shape index (κ1) is 21.8. The average Bonchev–Trinajstić information content (AvgIpc) is 2.69. The Morgan fingerprint density at radius 3 is 2.80 bits per heavy atom. The van der Waals surface area contributed by atoms with Crippen LogP contribution in [0.2, 0.25) is 0 Å². The molecule has 10 heteroatoms. The molecule has 1 atom stereocenters. The van der Waals surface area contributed by atoms with Crippen LogP contribution in [0, 0.1) is 23.1 Å². The van der Waals surface area contributed by atoms with E-state index < -0.39 is 22.3 Å². The van der Waals surface area contributed by atoms with Crippen LogP contribution in [0.25, 0.3) is 11.3 Å². The average molecular weight is 492 g/mol. The Morgan fingerprint density at radius 1 is 1.27 bits per heavy atom. The van der Waals surface area contributed by atoms with Gasteiger partial charge in [0.15, 0.2) is 5.82 Å². The molecule has 0 aliphatic heterocycles. The molecule has 0 spiro atoms. The Hall–Kier alpha value is -2.90. The van der Waals surface area contributed by atoms with E-state index in [9.17, 15) is 8.78 Å². The van der Waals surface area contributed by atoms with Crippen LogP contribution >= 0.6 is 15.9 Å². The van der Waals surface area contributed by atoms with Crippen LogP contribution in [0.5, 0.6) is 5.75 Å². The van der Waals surface area contributed by atoms with Crippen molar-refractivity contribution in [1.29, 1.82) is 5.26 Å². The van der Waals surface area contributed by atoms with E-state index in [1.165, 1.54) is 25.3 Å². The lowest BCUT2D eigenvalue weighted by molar-refractivity contribution is 0.412. The van der Waals surface area contributed by atoms with Crippen molar-refractivity contribution in [2.75, 3.05) is 18.7 Å². The highest BCUT2D eigenvalue weighted by molar-refractivity contribution is 9.10. The third kappa shape index (κ3) is 5.37. The van der Waals surface area contributed by atoms with Crippen LogP contribution in [-0.2, 0) is 16.4 Å². The maximum Gasteiger partial charge on any atom is 0.227 e. The fourth-order valence-electron chi connectivity index (χ4n) is 2.76. The minimum Gasteiger partial charge on any atom is -0.496 e. The van der Waals surface area contributed by atoms with Crippen molar-refractivity contribution < 1.29 is 13.5 Å². The number of aromatic nitrogens is 2. The zero-order valence-corrected chi connectivity index (χ0v) is 18.4. The van der Waals surface area contributed by atoms with Gasteiger partial charge in [0, 0.05) is 27.5 Å². The number of benzene rings is 2. The molecule has 0 radical (unpaired) electrons. The molecule has 3 aromatic rings. The van der Waals surface area contributed by atoms with E-state index in [1.54, 1.807) is 0 Å². The van der Waals surface area contributed by atoms with Gasteiger partial charge in [-0.15, -0.1) is 0 Å². The topological polar surface area (TPSA) is 83.2 Å². The van der Waals surface area contributed by atoms with Crippen LogP contribution in [0.4, 0.5) is 20.4 Å². The summed E-state index contributed by atoms with van der Waals surface area (Å²) >= 11 is 3.46. The summed E-state index contributed by atoms with van der Waals surface area (Å²) in [4.78, 5) is 8.25.